The van der Waals surface area contributed by atoms with Crippen molar-refractivity contribution in [2.45, 2.75) is 0 Å². The van der Waals surface area contributed by atoms with Crippen LogP contribution in [0.3, 0.4) is 0 Å². The van der Waals surface area contributed by atoms with Crippen molar-refractivity contribution < 1.29 is 42.3 Å². The number of rotatable bonds is 0. The minimum atomic E-state index is -10.7. The van der Waals surface area contributed by atoms with Gasteiger partial charge in [0.15, 0.2) is 0 Å². The molecule has 8 heteroatoms. The molecule has 0 saturated heterocycles. The van der Waals surface area contributed by atoms with Crippen LogP contribution in [0.4, 0.5) is 25.2 Å². The van der Waals surface area contributed by atoms with Gasteiger partial charge in [-0.2, -0.15) is 18.2 Å². The zero-order valence-corrected chi connectivity index (χ0v) is 15.2. The molecule has 0 nitrogen and oxygen atoms in total. The van der Waals surface area contributed by atoms with Gasteiger partial charge in [-0.25, -0.2) is 12.1 Å². The van der Waals surface area contributed by atoms with Gasteiger partial charge in [-0.3, -0.25) is 0 Å². The molecule has 26 heavy (non-hydrogen) atoms. The Bertz CT molecular complexity index is 862. The third-order valence-corrected chi connectivity index (χ3v) is 3.08. The van der Waals surface area contributed by atoms with E-state index in [4.69, 9.17) is 0 Å². The topological polar surface area (TPSA) is 0 Å². The van der Waals surface area contributed by atoms with Crippen molar-refractivity contribution in [1.82, 2.24) is 0 Å². The fourth-order valence-corrected chi connectivity index (χ4v) is 2.22. The molecule has 0 fully saturated rings. The van der Waals surface area contributed by atoms with Gasteiger partial charge >= 0.3 is 50.1 Å². The first-order valence-electron chi connectivity index (χ1n) is 7.16. The molecule has 0 aliphatic rings. The first-order valence-corrected chi connectivity index (χ1v) is 9.19. The van der Waals surface area contributed by atoms with Crippen LogP contribution in [0.5, 0.6) is 0 Å². The molecule has 0 N–H and O–H groups in total. The molecule has 0 amide bonds. The molecule has 4 aromatic carbocycles. The number of fused-ring (bicyclic) bond motifs is 3. The monoisotopic (exact) mass is 431 g/mol. The molecule has 0 unspecified atom stereocenters. The Kier molecular flexibility index (Phi) is 6.36. The van der Waals surface area contributed by atoms with Crippen molar-refractivity contribution in [2.24, 2.45) is 0 Å². The van der Waals surface area contributed by atoms with E-state index in [1.807, 2.05) is 30.3 Å². The Morgan fingerprint density at radius 2 is 1.27 bits per heavy atom. The van der Waals surface area contributed by atoms with Crippen molar-refractivity contribution in [3.05, 3.63) is 84.9 Å². The normalized spacial score (nSPS) is 13.3. The molecule has 0 aliphatic carbocycles. The molecule has 1 radical (unpaired) electrons. The van der Waals surface area contributed by atoms with E-state index in [-0.39, 0.29) is 17.1 Å². The molecule has 0 spiro atoms. The van der Waals surface area contributed by atoms with Crippen LogP contribution in [-0.2, 0) is 17.1 Å². The number of halogens is 6. The standard InChI is InChI=1S/C13H9.C5H5.F6P.Fe/c1-3-7-12-10(5-1)9-11-6-2-4-8-13(11)12;1-2-4-5-3-1;1-7(2,3,4,5)6;/h1-9H;1-5H;;/q3*-1;+3. The zero-order valence-electron chi connectivity index (χ0n) is 13.2. The summed E-state index contributed by atoms with van der Waals surface area (Å²) in [6.07, 6.45) is 0. The fourth-order valence-electron chi connectivity index (χ4n) is 2.22. The van der Waals surface area contributed by atoms with Gasteiger partial charge in [-0.05, 0) is 0 Å². The summed E-state index contributed by atoms with van der Waals surface area (Å²) in [7, 11) is -10.7. The zero-order chi connectivity index (χ0) is 18.6. The molecule has 4 aromatic rings. The maximum atomic E-state index is 9.87. The van der Waals surface area contributed by atoms with E-state index in [9.17, 15) is 25.2 Å². The van der Waals surface area contributed by atoms with Gasteiger partial charge in [-0.1, -0.05) is 29.7 Å². The second-order valence-electron chi connectivity index (χ2n) is 5.24. The van der Waals surface area contributed by atoms with Crippen LogP contribution in [0.15, 0.2) is 84.9 Å². The van der Waals surface area contributed by atoms with Crippen LogP contribution in [0.25, 0.3) is 21.5 Å². The Morgan fingerprint density at radius 3 is 1.81 bits per heavy atom. The Hall–Kier alpha value is -1.81. The van der Waals surface area contributed by atoms with E-state index in [0.29, 0.717) is 0 Å². The van der Waals surface area contributed by atoms with Crippen LogP contribution in [-0.4, -0.2) is 0 Å². The predicted octanol–water partition coefficient (Wildman–Crippen LogP) is 8.50. The fraction of sp³-hybridized carbons (Fsp3) is 0. The minimum absolute atomic E-state index is 0. The molecule has 0 aromatic heterocycles. The van der Waals surface area contributed by atoms with Crippen molar-refractivity contribution in [3.63, 3.8) is 0 Å². The predicted molar refractivity (Wildman–Crippen MR) is 92.7 cm³/mol. The minimum Gasteiger partial charge on any atom is -0.214 e. The van der Waals surface area contributed by atoms with E-state index < -0.39 is 7.81 Å². The van der Waals surface area contributed by atoms with Crippen molar-refractivity contribution in [3.8, 4) is 0 Å². The second kappa shape index (κ2) is 7.43. The van der Waals surface area contributed by atoms with Crippen LogP contribution in [0, 0.1) is 0 Å². The molecule has 0 heterocycles. The van der Waals surface area contributed by atoms with Crippen molar-refractivity contribution in [2.75, 3.05) is 0 Å². The number of benzene rings is 2. The number of hydrogen-bond acceptors (Lipinski definition) is 0. The Balaban J connectivity index is 0.000000222. The van der Waals surface area contributed by atoms with Crippen molar-refractivity contribution in [1.29, 1.82) is 0 Å². The molecular weight excluding hydrogens is 417 g/mol. The molecule has 0 bridgehead atoms. The average molecular weight is 431 g/mol. The van der Waals surface area contributed by atoms with Gasteiger partial charge in [0.2, 0.25) is 0 Å². The molecule has 4 rings (SSSR count). The van der Waals surface area contributed by atoms with Crippen LogP contribution in [0.2, 0.25) is 0 Å². The van der Waals surface area contributed by atoms with Gasteiger partial charge in [0.1, 0.15) is 0 Å². The quantitative estimate of drug-likeness (QED) is 0.113. The summed E-state index contributed by atoms with van der Waals surface area (Å²) >= 11 is 0. The Morgan fingerprint density at radius 1 is 0.731 bits per heavy atom. The average Bonchev–Trinajstić information content (AvgIpc) is 3.15. The van der Waals surface area contributed by atoms with E-state index in [2.05, 4.69) is 54.6 Å². The molecule has 0 aliphatic heterocycles. The van der Waals surface area contributed by atoms with Gasteiger partial charge in [-0.15, -0.1) is 46.5 Å². The third kappa shape index (κ3) is 9.04. The Labute approximate surface area is 156 Å². The summed E-state index contributed by atoms with van der Waals surface area (Å²) < 4.78 is 59.2. The van der Waals surface area contributed by atoms with Gasteiger partial charge < -0.3 is 0 Å². The smallest absolute Gasteiger partial charge is 0.214 e. The second-order valence-corrected chi connectivity index (χ2v) is 7.16. The van der Waals surface area contributed by atoms with E-state index in [1.54, 1.807) is 0 Å². The maximum absolute atomic E-state index is 10.7. The number of hydrogen-bond donors (Lipinski definition) is 0. The van der Waals surface area contributed by atoms with Gasteiger partial charge in [0.05, 0.1) is 0 Å². The van der Waals surface area contributed by atoms with E-state index >= 15 is 0 Å². The summed E-state index contributed by atoms with van der Waals surface area (Å²) in [5.41, 5.74) is 0. The van der Waals surface area contributed by atoms with Crippen LogP contribution in [0.1, 0.15) is 0 Å². The van der Waals surface area contributed by atoms with E-state index in [0.717, 1.165) is 0 Å². The van der Waals surface area contributed by atoms with Crippen LogP contribution < -0.4 is 0 Å². The van der Waals surface area contributed by atoms with Gasteiger partial charge in [0, 0.05) is 0 Å². The largest absolute Gasteiger partial charge is 3.00 e. The summed E-state index contributed by atoms with van der Waals surface area (Å²) in [5, 5.41) is 5.39. The van der Waals surface area contributed by atoms with Crippen LogP contribution >= 0.6 is 7.81 Å². The molecular formula is C18H14F6FeP. The summed E-state index contributed by atoms with van der Waals surface area (Å²) in [5.74, 6) is 0. The van der Waals surface area contributed by atoms with Crippen molar-refractivity contribution >= 4 is 29.4 Å². The molecule has 141 valence electrons. The van der Waals surface area contributed by atoms with E-state index in [1.165, 1.54) is 21.5 Å². The van der Waals surface area contributed by atoms with Gasteiger partial charge in [0.25, 0.3) is 0 Å². The summed E-state index contributed by atoms with van der Waals surface area (Å²) in [6, 6.07) is 29.3. The first-order chi connectivity index (χ1) is 11.4. The third-order valence-electron chi connectivity index (χ3n) is 3.08. The molecule has 0 atom stereocenters. The maximum Gasteiger partial charge on any atom is 3.00 e. The first kappa shape index (κ1) is 22.2. The summed E-state index contributed by atoms with van der Waals surface area (Å²) in [4.78, 5) is 0. The molecule has 0 saturated carbocycles. The SMILES string of the molecule is F[P-](F)(F)(F)(F)F.[Fe+3].c1cc[cH-]c1.c1ccc2c(c1)c[c-]1ccccc21. The summed E-state index contributed by atoms with van der Waals surface area (Å²) in [6.45, 7) is 0.